The van der Waals surface area contributed by atoms with Crippen LogP contribution < -0.4 is 4.90 Å². The maximum atomic E-state index is 13.2. The number of carbonyl (C=O) groups is 1. The van der Waals surface area contributed by atoms with Gasteiger partial charge in [0.1, 0.15) is 5.01 Å². The minimum atomic E-state index is -0.0240. The zero-order valence-corrected chi connectivity index (χ0v) is 20.9. The number of piperazine rings is 1. The Morgan fingerprint density at radius 3 is 2.35 bits per heavy atom. The molecule has 0 aliphatic carbocycles. The molecule has 0 radical (unpaired) electrons. The Morgan fingerprint density at radius 2 is 1.62 bits per heavy atom. The summed E-state index contributed by atoms with van der Waals surface area (Å²) in [6.07, 6.45) is 0. The van der Waals surface area contributed by atoms with Gasteiger partial charge in [0.15, 0.2) is 5.69 Å². The molecule has 1 amide bonds. The molecule has 0 spiro atoms. The summed E-state index contributed by atoms with van der Waals surface area (Å²) in [6.45, 7) is 11.3. The first-order chi connectivity index (χ1) is 16.4. The number of aromatic nitrogens is 3. The molecule has 2 aromatic heterocycles. The van der Waals surface area contributed by atoms with Crippen LogP contribution >= 0.6 is 11.3 Å². The van der Waals surface area contributed by atoms with Crippen molar-refractivity contribution in [2.75, 3.05) is 31.1 Å². The quantitative estimate of drug-likeness (QED) is 0.433. The van der Waals surface area contributed by atoms with E-state index in [2.05, 4.69) is 78.3 Å². The van der Waals surface area contributed by atoms with Crippen LogP contribution in [0.5, 0.6) is 0 Å². The third kappa shape index (κ3) is 4.35. The largest absolute Gasteiger partial charge is 0.368 e. The molecule has 5 rings (SSSR count). The first-order valence-corrected chi connectivity index (χ1v) is 12.4. The van der Waals surface area contributed by atoms with Crippen molar-refractivity contribution in [2.24, 2.45) is 0 Å². The zero-order chi connectivity index (χ0) is 23.8. The van der Waals surface area contributed by atoms with Crippen LogP contribution in [0, 0.1) is 27.7 Å². The Kier molecular flexibility index (Phi) is 5.96. The van der Waals surface area contributed by atoms with E-state index in [9.17, 15) is 4.79 Å². The molecule has 34 heavy (non-hydrogen) atoms. The number of benzene rings is 2. The van der Waals surface area contributed by atoms with Gasteiger partial charge in [0.05, 0.1) is 16.3 Å². The fourth-order valence-corrected chi connectivity index (χ4v) is 5.42. The van der Waals surface area contributed by atoms with Gasteiger partial charge >= 0.3 is 0 Å². The van der Waals surface area contributed by atoms with Gasteiger partial charge in [-0.1, -0.05) is 42.0 Å². The first kappa shape index (κ1) is 22.3. The molecule has 0 saturated carbocycles. The van der Waals surface area contributed by atoms with E-state index in [1.165, 1.54) is 22.4 Å². The summed E-state index contributed by atoms with van der Waals surface area (Å²) >= 11 is 1.62. The van der Waals surface area contributed by atoms with Gasteiger partial charge in [-0.25, -0.2) is 4.98 Å². The molecule has 1 aliphatic heterocycles. The molecule has 0 unspecified atom stereocenters. The molecule has 2 aromatic carbocycles. The monoisotopic (exact) mass is 471 g/mol. The van der Waals surface area contributed by atoms with Gasteiger partial charge in [0.2, 0.25) is 0 Å². The van der Waals surface area contributed by atoms with Gasteiger partial charge in [-0.2, -0.15) is 5.10 Å². The average molecular weight is 472 g/mol. The lowest BCUT2D eigenvalue weighted by molar-refractivity contribution is 0.0741. The van der Waals surface area contributed by atoms with Crippen molar-refractivity contribution in [1.82, 2.24) is 20.1 Å². The minimum Gasteiger partial charge on any atom is -0.368 e. The van der Waals surface area contributed by atoms with E-state index in [0.717, 1.165) is 39.9 Å². The first-order valence-electron chi connectivity index (χ1n) is 11.6. The predicted molar refractivity (Wildman–Crippen MR) is 139 cm³/mol. The molecule has 1 aliphatic rings. The van der Waals surface area contributed by atoms with Crippen LogP contribution in [0.4, 0.5) is 5.69 Å². The Bertz CT molecular complexity index is 1330. The summed E-state index contributed by atoms with van der Waals surface area (Å²) in [5.74, 6) is -0.0240. The van der Waals surface area contributed by atoms with Crippen molar-refractivity contribution in [1.29, 1.82) is 0 Å². The Morgan fingerprint density at radius 1 is 0.912 bits per heavy atom. The summed E-state index contributed by atoms with van der Waals surface area (Å²) in [5.41, 5.74) is 8.35. The second-order valence-corrected chi connectivity index (χ2v) is 10.0. The summed E-state index contributed by atoms with van der Waals surface area (Å²) in [6, 6.07) is 16.8. The van der Waals surface area contributed by atoms with Crippen molar-refractivity contribution in [3.8, 4) is 21.1 Å². The number of nitrogens with zero attached hydrogens (tertiary/aromatic N) is 4. The van der Waals surface area contributed by atoms with Crippen LogP contribution in [0.2, 0.25) is 0 Å². The fourth-order valence-electron chi connectivity index (χ4n) is 4.39. The topological polar surface area (TPSA) is 65.1 Å². The lowest BCUT2D eigenvalue weighted by Crippen LogP contribution is -2.49. The number of nitrogens with one attached hydrogen (secondary N) is 1. The van der Waals surface area contributed by atoms with Crippen LogP contribution in [0.25, 0.3) is 21.1 Å². The molecule has 1 saturated heterocycles. The number of thiazole rings is 1. The molecular formula is C27H29N5OS. The van der Waals surface area contributed by atoms with E-state index in [-0.39, 0.29) is 5.91 Å². The Labute approximate surface area is 204 Å². The molecule has 174 valence electrons. The van der Waals surface area contributed by atoms with Gasteiger partial charge in [0, 0.05) is 37.4 Å². The number of carbonyl (C=O) groups excluding carboxylic acids is 1. The number of amides is 1. The van der Waals surface area contributed by atoms with Crippen LogP contribution in [0.1, 0.15) is 32.9 Å². The number of H-pyrrole nitrogens is 1. The summed E-state index contributed by atoms with van der Waals surface area (Å²) < 4.78 is 0. The Hall–Kier alpha value is -3.45. The molecule has 1 N–H and O–H groups in total. The zero-order valence-electron chi connectivity index (χ0n) is 20.1. The smallest absolute Gasteiger partial charge is 0.274 e. The molecule has 6 nitrogen and oxygen atoms in total. The standard InChI is InChI=1S/C27H29N5OS/c1-17-6-9-21(10-7-17)26-28-20(4)25(34-26)22-16-23(30-29-22)27(33)32-13-11-31(12-14-32)24-15-18(2)5-8-19(24)3/h5-10,15-16H,11-14H2,1-4H3,(H,29,30). The van der Waals surface area contributed by atoms with Crippen molar-refractivity contribution >= 4 is 22.9 Å². The number of aromatic amines is 1. The normalized spacial score (nSPS) is 14.0. The Balaban J connectivity index is 1.29. The SMILES string of the molecule is Cc1ccc(-c2nc(C)c(-c3cc(C(=O)N4CCN(c5cc(C)ccc5C)CC4)n[nH]3)s2)cc1. The van der Waals surface area contributed by atoms with Gasteiger partial charge in [-0.15, -0.1) is 11.3 Å². The predicted octanol–water partition coefficient (Wildman–Crippen LogP) is 5.40. The highest BCUT2D eigenvalue weighted by atomic mass is 32.1. The average Bonchev–Trinajstić information content (AvgIpc) is 3.48. The van der Waals surface area contributed by atoms with Crippen LogP contribution in [0.15, 0.2) is 48.5 Å². The molecule has 0 atom stereocenters. The van der Waals surface area contributed by atoms with Gasteiger partial charge < -0.3 is 9.80 Å². The number of hydrogen-bond donors (Lipinski definition) is 1. The maximum absolute atomic E-state index is 13.2. The molecule has 3 heterocycles. The molecule has 1 fully saturated rings. The van der Waals surface area contributed by atoms with Crippen LogP contribution in [-0.4, -0.2) is 52.2 Å². The second-order valence-electron chi connectivity index (χ2n) is 9.04. The highest BCUT2D eigenvalue weighted by Gasteiger charge is 2.25. The second kappa shape index (κ2) is 9.06. The van der Waals surface area contributed by atoms with E-state index in [0.29, 0.717) is 18.8 Å². The molecular weight excluding hydrogens is 442 g/mol. The van der Waals surface area contributed by atoms with Gasteiger partial charge in [-0.05, 0) is 51.0 Å². The summed E-state index contributed by atoms with van der Waals surface area (Å²) in [7, 11) is 0. The van der Waals surface area contributed by atoms with Crippen molar-refractivity contribution in [3.63, 3.8) is 0 Å². The maximum Gasteiger partial charge on any atom is 0.274 e. The summed E-state index contributed by atoms with van der Waals surface area (Å²) in [5, 5.41) is 8.39. The minimum absolute atomic E-state index is 0.0240. The van der Waals surface area contributed by atoms with Gasteiger partial charge in [-0.3, -0.25) is 9.89 Å². The van der Waals surface area contributed by atoms with E-state index >= 15 is 0 Å². The third-order valence-corrected chi connectivity index (χ3v) is 7.65. The van der Waals surface area contributed by atoms with Crippen molar-refractivity contribution < 1.29 is 4.79 Å². The van der Waals surface area contributed by atoms with Gasteiger partial charge in [0.25, 0.3) is 5.91 Å². The highest BCUT2D eigenvalue weighted by Crippen LogP contribution is 2.34. The molecule has 0 bridgehead atoms. The lowest BCUT2D eigenvalue weighted by Gasteiger charge is -2.36. The van der Waals surface area contributed by atoms with Crippen LogP contribution in [-0.2, 0) is 0 Å². The van der Waals surface area contributed by atoms with E-state index < -0.39 is 0 Å². The van der Waals surface area contributed by atoms with E-state index in [4.69, 9.17) is 4.98 Å². The number of hydrogen-bond acceptors (Lipinski definition) is 5. The van der Waals surface area contributed by atoms with Crippen molar-refractivity contribution in [2.45, 2.75) is 27.7 Å². The van der Waals surface area contributed by atoms with E-state index in [1.54, 1.807) is 11.3 Å². The van der Waals surface area contributed by atoms with E-state index in [1.807, 2.05) is 17.9 Å². The number of anilines is 1. The lowest BCUT2D eigenvalue weighted by atomic mass is 10.1. The number of rotatable bonds is 4. The molecule has 4 aromatic rings. The molecule has 7 heteroatoms. The highest BCUT2D eigenvalue weighted by molar-refractivity contribution is 7.18. The van der Waals surface area contributed by atoms with Crippen molar-refractivity contribution in [3.05, 3.63) is 76.6 Å². The fraction of sp³-hybridized carbons (Fsp3) is 0.296. The number of aryl methyl sites for hydroxylation is 4. The summed E-state index contributed by atoms with van der Waals surface area (Å²) in [4.78, 5) is 23.2. The van der Waals surface area contributed by atoms with Crippen LogP contribution in [0.3, 0.4) is 0 Å². The third-order valence-electron chi connectivity index (χ3n) is 6.41.